The molecule has 0 saturated heterocycles. The van der Waals surface area contributed by atoms with Crippen LogP contribution in [0.15, 0.2) is 22.7 Å². The molecule has 15 heavy (non-hydrogen) atoms. The second-order valence-electron chi connectivity index (χ2n) is 3.37. The zero-order chi connectivity index (χ0) is 10.8. The normalized spacial score (nSPS) is 10.5. The van der Waals surface area contributed by atoms with Crippen molar-refractivity contribution in [3.8, 4) is 17.2 Å². The van der Waals surface area contributed by atoms with E-state index in [0.717, 1.165) is 17.5 Å². The molecule has 0 fully saturated rings. The van der Waals surface area contributed by atoms with Gasteiger partial charge < -0.3 is 9.63 Å². The zero-order valence-electron chi connectivity index (χ0n) is 8.69. The van der Waals surface area contributed by atoms with E-state index in [0.29, 0.717) is 11.7 Å². The second-order valence-corrected chi connectivity index (χ2v) is 3.37. The Hall–Kier alpha value is -1.84. The van der Waals surface area contributed by atoms with Crippen LogP contribution in [-0.2, 0) is 6.42 Å². The van der Waals surface area contributed by atoms with Crippen LogP contribution < -0.4 is 0 Å². The number of rotatable bonds is 2. The van der Waals surface area contributed by atoms with Crippen LogP contribution in [0.2, 0.25) is 0 Å². The molecule has 0 bridgehead atoms. The first-order valence-corrected chi connectivity index (χ1v) is 4.83. The highest BCUT2D eigenvalue weighted by atomic mass is 16.5. The van der Waals surface area contributed by atoms with Gasteiger partial charge in [-0.3, -0.25) is 0 Å². The highest BCUT2D eigenvalue weighted by Crippen LogP contribution is 2.23. The fraction of sp³-hybridized carbons (Fsp3) is 0.273. The lowest BCUT2D eigenvalue weighted by Gasteiger charge is -1.99. The first-order chi connectivity index (χ1) is 7.20. The lowest BCUT2D eigenvalue weighted by Crippen LogP contribution is -1.83. The molecule has 0 radical (unpaired) electrons. The minimum absolute atomic E-state index is 0.272. The maximum atomic E-state index is 9.38. The van der Waals surface area contributed by atoms with Gasteiger partial charge >= 0.3 is 0 Å². The number of hydrogen-bond donors (Lipinski definition) is 1. The van der Waals surface area contributed by atoms with Crippen LogP contribution >= 0.6 is 0 Å². The van der Waals surface area contributed by atoms with Crippen LogP contribution in [0.3, 0.4) is 0 Å². The highest BCUT2D eigenvalue weighted by molar-refractivity contribution is 5.56. The number of benzene rings is 1. The summed E-state index contributed by atoms with van der Waals surface area (Å²) in [6, 6.07) is 5.21. The summed E-state index contributed by atoms with van der Waals surface area (Å²) in [6.07, 6.45) is 0.751. The van der Waals surface area contributed by atoms with E-state index in [9.17, 15) is 5.11 Å². The molecule has 4 nitrogen and oxygen atoms in total. The zero-order valence-corrected chi connectivity index (χ0v) is 8.69. The largest absolute Gasteiger partial charge is 0.508 e. The predicted molar refractivity (Wildman–Crippen MR) is 55.5 cm³/mol. The van der Waals surface area contributed by atoms with Gasteiger partial charge in [-0.05, 0) is 30.7 Å². The van der Waals surface area contributed by atoms with Gasteiger partial charge in [-0.15, -0.1) is 0 Å². The maximum absolute atomic E-state index is 9.38. The molecule has 4 heteroatoms. The van der Waals surface area contributed by atoms with Gasteiger partial charge in [0, 0.05) is 12.0 Å². The molecule has 1 heterocycles. The summed E-state index contributed by atoms with van der Waals surface area (Å²) < 4.78 is 5.09. The van der Waals surface area contributed by atoms with Gasteiger partial charge in [0.2, 0.25) is 0 Å². The van der Waals surface area contributed by atoms with Crippen LogP contribution in [0, 0.1) is 6.92 Å². The van der Waals surface area contributed by atoms with Crippen molar-refractivity contribution in [1.82, 2.24) is 10.1 Å². The van der Waals surface area contributed by atoms with E-state index in [1.54, 1.807) is 12.1 Å². The van der Waals surface area contributed by atoms with E-state index in [1.165, 1.54) is 0 Å². The summed E-state index contributed by atoms with van der Waals surface area (Å²) in [7, 11) is 0. The molecule has 1 N–H and O–H groups in total. The summed E-state index contributed by atoms with van der Waals surface area (Å²) in [6.45, 7) is 3.80. The Morgan fingerprint density at radius 2 is 2.20 bits per heavy atom. The SMILES string of the molecule is CCc1noc(-c2ccc(O)c(C)c2)n1. The molecule has 1 aromatic carbocycles. The van der Waals surface area contributed by atoms with Gasteiger partial charge in [0.15, 0.2) is 5.82 Å². The first kappa shape index (κ1) is 9.71. The Kier molecular flexibility index (Phi) is 2.41. The third kappa shape index (κ3) is 1.83. The molecule has 0 atom stereocenters. The van der Waals surface area contributed by atoms with Gasteiger partial charge in [-0.2, -0.15) is 4.98 Å². The Morgan fingerprint density at radius 3 is 2.80 bits per heavy atom. The van der Waals surface area contributed by atoms with Crippen LogP contribution in [0.5, 0.6) is 5.75 Å². The monoisotopic (exact) mass is 204 g/mol. The topological polar surface area (TPSA) is 59.2 Å². The summed E-state index contributed by atoms with van der Waals surface area (Å²) in [5.41, 5.74) is 1.63. The van der Waals surface area contributed by atoms with Gasteiger partial charge in [-0.1, -0.05) is 12.1 Å². The molecular formula is C11H12N2O2. The van der Waals surface area contributed by atoms with Crippen LogP contribution in [0.1, 0.15) is 18.3 Å². The van der Waals surface area contributed by atoms with E-state index in [4.69, 9.17) is 4.52 Å². The van der Waals surface area contributed by atoms with Crippen LogP contribution in [0.25, 0.3) is 11.5 Å². The summed E-state index contributed by atoms with van der Waals surface area (Å²) in [5.74, 6) is 1.46. The quantitative estimate of drug-likeness (QED) is 0.815. The average Bonchev–Trinajstić information content (AvgIpc) is 2.70. The number of hydrogen-bond acceptors (Lipinski definition) is 4. The number of aromatic hydroxyl groups is 1. The van der Waals surface area contributed by atoms with E-state index >= 15 is 0 Å². The highest BCUT2D eigenvalue weighted by Gasteiger charge is 2.08. The lowest BCUT2D eigenvalue weighted by molar-refractivity contribution is 0.423. The minimum atomic E-state index is 0.272. The molecule has 0 aliphatic rings. The maximum Gasteiger partial charge on any atom is 0.257 e. The van der Waals surface area contributed by atoms with Crippen LogP contribution in [-0.4, -0.2) is 15.2 Å². The Bertz CT molecular complexity index is 477. The van der Waals surface area contributed by atoms with E-state index in [-0.39, 0.29) is 5.75 Å². The van der Waals surface area contributed by atoms with E-state index < -0.39 is 0 Å². The fourth-order valence-electron chi connectivity index (χ4n) is 1.30. The standard InChI is InChI=1S/C11H12N2O2/c1-3-10-12-11(15-13-10)8-4-5-9(14)7(2)6-8/h4-6,14H,3H2,1-2H3. The fourth-order valence-corrected chi connectivity index (χ4v) is 1.30. The van der Waals surface area contributed by atoms with Crippen LogP contribution in [0.4, 0.5) is 0 Å². The molecule has 0 aliphatic carbocycles. The molecule has 0 spiro atoms. The van der Waals surface area contributed by atoms with Crippen molar-refractivity contribution in [2.24, 2.45) is 0 Å². The Balaban J connectivity index is 2.40. The molecule has 2 aromatic rings. The van der Waals surface area contributed by atoms with Crippen molar-refractivity contribution < 1.29 is 9.63 Å². The number of phenols is 1. The van der Waals surface area contributed by atoms with Crippen molar-refractivity contribution in [2.75, 3.05) is 0 Å². The minimum Gasteiger partial charge on any atom is -0.508 e. The molecule has 0 unspecified atom stereocenters. The van der Waals surface area contributed by atoms with Gasteiger partial charge in [0.1, 0.15) is 5.75 Å². The van der Waals surface area contributed by atoms with Gasteiger partial charge in [0.05, 0.1) is 0 Å². The third-order valence-corrected chi connectivity index (χ3v) is 2.23. The van der Waals surface area contributed by atoms with E-state index in [2.05, 4.69) is 10.1 Å². The summed E-state index contributed by atoms with van der Waals surface area (Å²) in [4.78, 5) is 4.21. The van der Waals surface area contributed by atoms with Gasteiger partial charge in [0.25, 0.3) is 5.89 Å². The number of phenolic OH excluding ortho intramolecular Hbond substituents is 1. The summed E-state index contributed by atoms with van der Waals surface area (Å²) >= 11 is 0. The predicted octanol–water partition coefficient (Wildman–Crippen LogP) is 2.31. The molecule has 1 aromatic heterocycles. The number of nitrogens with zero attached hydrogens (tertiary/aromatic N) is 2. The Labute approximate surface area is 87.6 Å². The van der Waals surface area contributed by atoms with Gasteiger partial charge in [-0.25, -0.2) is 0 Å². The number of aromatic nitrogens is 2. The van der Waals surface area contributed by atoms with Crippen molar-refractivity contribution >= 4 is 0 Å². The van der Waals surface area contributed by atoms with Crippen molar-refractivity contribution in [3.63, 3.8) is 0 Å². The molecule has 0 aliphatic heterocycles. The Morgan fingerprint density at radius 1 is 1.40 bits per heavy atom. The van der Waals surface area contributed by atoms with Crippen molar-refractivity contribution in [1.29, 1.82) is 0 Å². The second kappa shape index (κ2) is 3.73. The number of aryl methyl sites for hydroxylation is 2. The van der Waals surface area contributed by atoms with E-state index in [1.807, 2.05) is 19.9 Å². The van der Waals surface area contributed by atoms with Crippen molar-refractivity contribution in [3.05, 3.63) is 29.6 Å². The molecule has 2 rings (SSSR count). The molecule has 0 amide bonds. The lowest BCUT2D eigenvalue weighted by atomic mass is 10.1. The third-order valence-electron chi connectivity index (χ3n) is 2.23. The van der Waals surface area contributed by atoms with Crippen molar-refractivity contribution in [2.45, 2.75) is 20.3 Å². The summed E-state index contributed by atoms with van der Waals surface area (Å²) in [5, 5.41) is 13.2. The first-order valence-electron chi connectivity index (χ1n) is 4.83. The average molecular weight is 204 g/mol. The molecule has 0 saturated carbocycles. The molecule has 78 valence electrons. The smallest absolute Gasteiger partial charge is 0.257 e. The molecular weight excluding hydrogens is 192 g/mol.